The molecule has 0 aliphatic rings. The number of para-hydroxylation sites is 1. The van der Waals surface area contributed by atoms with E-state index in [1.165, 1.54) is 4.68 Å². The van der Waals surface area contributed by atoms with Crippen LogP contribution in [0.25, 0.3) is 22.3 Å². The highest BCUT2D eigenvalue weighted by Gasteiger charge is 2.18. The average Bonchev–Trinajstić information content (AvgIpc) is 2.90. The summed E-state index contributed by atoms with van der Waals surface area (Å²) in [4.78, 5) is 18.6. The van der Waals surface area contributed by atoms with E-state index in [4.69, 9.17) is 19.2 Å². The summed E-state index contributed by atoms with van der Waals surface area (Å²) in [6.45, 7) is 11.0. The number of aromatic nitrogens is 2. The smallest absolute Gasteiger partial charge is 0.282 e. The van der Waals surface area contributed by atoms with Crippen LogP contribution in [0.1, 0.15) is 50.3 Å². The van der Waals surface area contributed by atoms with Crippen LogP contribution in [0, 0.1) is 6.92 Å². The van der Waals surface area contributed by atoms with E-state index < -0.39 is 0 Å². The molecule has 0 atom stereocenters. The number of hydrogen-bond donors (Lipinski definition) is 0. The van der Waals surface area contributed by atoms with E-state index in [-0.39, 0.29) is 11.5 Å². The van der Waals surface area contributed by atoms with E-state index in [1.807, 2.05) is 63.2 Å². The number of benzene rings is 3. The molecular formula is C30H32BrN3O4. The summed E-state index contributed by atoms with van der Waals surface area (Å²) >= 11 is 3.58. The van der Waals surface area contributed by atoms with Gasteiger partial charge in [-0.25, -0.2) is 4.98 Å². The normalized spacial score (nSPS) is 11.5. The minimum Gasteiger partial charge on any atom is -0.496 e. The molecule has 0 amide bonds. The van der Waals surface area contributed by atoms with Crippen LogP contribution in [-0.4, -0.2) is 36.2 Å². The number of fused-ring (bicyclic) bond motifs is 1. The fourth-order valence-electron chi connectivity index (χ4n) is 4.31. The summed E-state index contributed by atoms with van der Waals surface area (Å²) in [6, 6.07) is 15.1. The summed E-state index contributed by atoms with van der Waals surface area (Å²) in [5.41, 5.74) is 3.88. The molecule has 0 fully saturated rings. The Morgan fingerprint density at radius 1 is 1.05 bits per heavy atom. The molecule has 3 aromatic carbocycles. The Hall–Kier alpha value is -3.65. The van der Waals surface area contributed by atoms with E-state index in [0.29, 0.717) is 41.4 Å². The van der Waals surface area contributed by atoms with Crippen LogP contribution in [0.2, 0.25) is 0 Å². The first kappa shape index (κ1) is 27.4. The van der Waals surface area contributed by atoms with Gasteiger partial charge in [-0.15, -0.1) is 0 Å². The molecule has 4 aromatic rings. The third-order valence-electron chi connectivity index (χ3n) is 6.14. The van der Waals surface area contributed by atoms with Crippen molar-refractivity contribution < 1.29 is 14.2 Å². The zero-order valence-electron chi connectivity index (χ0n) is 22.5. The molecule has 8 heteroatoms. The lowest BCUT2D eigenvalue weighted by Gasteiger charge is -2.17. The van der Waals surface area contributed by atoms with Gasteiger partial charge in [-0.1, -0.05) is 26.0 Å². The minimum absolute atomic E-state index is 0.214. The van der Waals surface area contributed by atoms with Crippen LogP contribution in [-0.2, 0) is 0 Å². The van der Waals surface area contributed by atoms with Crippen LogP contribution in [0.4, 0.5) is 0 Å². The number of nitrogens with zero attached hydrogens (tertiary/aromatic N) is 3. The van der Waals surface area contributed by atoms with Crippen molar-refractivity contribution in [2.24, 2.45) is 5.10 Å². The second kappa shape index (κ2) is 11.8. The van der Waals surface area contributed by atoms with Gasteiger partial charge in [0.2, 0.25) is 0 Å². The Bertz CT molecular complexity index is 1560. The molecule has 0 radical (unpaired) electrons. The molecule has 1 heterocycles. The first-order valence-corrected chi connectivity index (χ1v) is 13.4. The van der Waals surface area contributed by atoms with Gasteiger partial charge in [0.25, 0.3) is 5.56 Å². The summed E-state index contributed by atoms with van der Waals surface area (Å²) in [7, 11) is 1.67. The first-order chi connectivity index (χ1) is 18.3. The van der Waals surface area contributed by atoms with Crippen LogP contribution in [0.5, 0.6) is 17.2 Å². The second-order valence-electron chi connectivity index (χ2n) is 9.07. The molecule has 198 valence electrons. The largest absolute Gasteiger partial charge is 0.496 e. The predicted molar refractivity (Wildman–Crippen MR) is 156 cm³/mol. The monoisotopic (exact) mass is 577 g/mol. The zero-order valence-corrected chi connectivity index (χ0v) is 24.1. The molecular weight excluding hydrogens is 546 g/mol. The Kier molecular flexibility index (Phi) is 8.52. The van der Waals surface area contributed by atoms with Crippen LogP contribution in [0.3, 0.4) is 0 Å². The fourth-order valence-corrected chi connectivity index (χ4v) is 4.88. The molecule has 38 heavy (non-hydrogen) atoms. The summed E-state index contributed by atoms with van der Waals surface area (Å²) in [5, 5.41) is 5.14. The summed E-state index contributed by atoms with van der Waals surface area (Å²) in [5.74, 6) is 2.71. The van der Waals surface area contributed by atoms with E-state index >= 15 is 0 Å². The third kappa shape index (κ3) is 5.45. The second-order valence-corrected chi connectivity index (χ2v) is 9.93. The predicted octanol–water partition coefficient (Wildman–Crippen LogP) is 6.95. The van der Waals surface area contributed by atoms with Gasteiger partial charge in [0.05, 0.1) is 41.9 Å². The Balaban J connectivity index is 1.94. The lowest BCUT2D eigenvalue weighted by molar-refractivity contribution is 0.286. The minimum atomic E-state index is -0.252. The summed E-state index contributed by atoms with van der Waals surface area (Å²) in [6.07, 6.45) is 1.63. The number of halogens is 1. The highest BCUT2D eigenvalue weighted by molar-refractivity contribution is 9.10. The molecule has 0 saturated heterocycles. The van der Waals surface area contributed by atoms with Crippen molar-refractivity contribution >= 4 is 33.0 Å². The molecule has 0 aliphatic carbocycles. The third-order valence-corrected chi connectivity index (χ3v) is 6.73. The SMILES string of the molecule is CCOc1cc(C=Nn2c(-c3cc(C(C)C)c(OC)cc3C)nc3ccccc3c2=O)cc(Br)c1OCC. The van der Waals surface area contributed by atoms with Crippen molar-refractivity contribution in [2.45, 2.75) is 40.5 Å². The van der Waals surface area contributed by atoms with E-state index in [1.54, 1.807) is 19.4 Å². The quantitative estimate of drug-likeness (QED) is 0.201. The number of aryl methyl sites for hydroxylation is 1. The van der Waals surface area contributed by atoms with Crippen molar-refractivity contribution in [1.82, 2.24) is 9.66 Å². The number of methoxy groups -OCH3 is 1. The van der Waals surface area contributed by atoms with Gasteiger partial charge >= 0.3 is 0 Å². The first-order valence-electron chi connectivity index (χ1n) is 12.6. The van der Waals surface area contributed by atoms with Gasteiger partial charge in [0.15, 0.2) is 17.3 Å². The van der Waals surface area contributed by atoms with Gasteiger partial charge in [-0.2, -0.15) is 9.78 Å². The molecule has 0 unspecified atom stereocenters. The molecule has 0 bridgehead atoms. The number of rotatable bonds is 9. The van der Waals surface area contributed by atoms with Crippen molar-refractivity contribution in [3.05, 3.63) is 80.0 Å². The van der Waals surface area contributed by atoms with E-state index in [2.05, 4.69) is 34.9 Å². The zero-order chi connectivity index (χ0) is 27.4. The molecule has 0 N–H and O–H groups in total. The van der Waals surface area contributed by atoms with E-state index in [9.17, 15) is 4.79 Å². The van der Waals surface area contributed by atoms with Gasteiger partial charge in [0.1, 0.15) is 5.75 Å². The van der Waals surface area contributed by atoms with Crippen molar-refractivity contribution in [1.29, 1.82) is 0 Å². The fraction of sp³-hybridized carbons (Fsp3) is 0.300. The Morgan fingerprint density at radius 2 is 1.79 bits per heavy atom. The number of ether oxygens (including phenoxy) is 3. The van der Waals surface area contributed by atoms with E-state index in [0.717, 1.165) is 32.5 Å². The van der Waals surface area contributed by atoms with Gasteiger partial charge < -0.3 is 14.2 Å². The van der Waals surface area contributed by atoms with Crippen molar-refractivity contribution in [3.8, 4) is 28.6 Å². The van der Waals surface area contributed by atoms with Crippen molar-refractivity contribution in [2.75, 3.05) is 20.3 Å². The van der Waals surface area contributed by atoms with Gasteiger partial charge in [-0.05, 0) is 95.7 Å². The maximum absolute atomic E-state index is 13.7. The molecule has 0 saturated carbocycles. The highest BCUT2D eigenvalue weighted by atomic mass is 79.9. The highest BCUT2D eigenvalue weighted by Crippen LogP contribution is 2.37. The van der Waals surface area contributed by atoms with Gasteiger partial charge in [0, 0.05) is 5.56 Å². The van der Waals surface area contributed by atoms with Gasteiger partial charge in [-0.3, -0.25) is 4.79 Å². The molecule has 4 rings (SSSR count). The maximum Gasteiger partial charge on any atom is 0.282 e. The molecule has 0 aliphatic heterocycles. The van der Waals surface area contributed by atoms with Crippen molar-refractivity contribution in [3.63, 3.8) is 0 Å². The molecule has 1 aromatic heterocycles. The Labute approximate surface area is 231 Å². The maximum atomic E-state index is 13.7. The lowest BCUT2D eigenvalue weighted by Crippen LogP contribution is -2.20. The average molecular weight is 579 g/mol. The van der Waals surface area contributed by atoms with Crippen LogP contribution < -0.4 is 19.8 Å². The van der Waals surface area contributed by atoms with Crippen LogP contribution >= 0.6 is 15.9 Å². The standard InChI is InChI=1S/C30H32BrN3O4/c1-7-37-27-15-20(14-24(31)28(27)38-8-2)17-32-34-29(33-25-12-10-9-11-21(25)30(34)35)23-16-22(18(3)4)26(36-6)13-19(23)5/h9-18H,7-8H2,1-6H3. The summed E-state index contributed by atoms with van der Waals surface area (Å²) < 4.78 is 19.3. The Morgan fingerprint density at radius 3 is 2.47 bits per heavy atom. The molecule has 0 spiro atoms. The lowest BCUT2D eigenvalue weighted by atomic mass is 9.96. The topological polar surface area (TPSA) is 74.9 Å². The molecule has 7 nitrogen and oxygen atoms in total. The number of hydrogen-bond acceptors (Lipinski definition) is 6. The van der Waals surface area contributed by atoms with Crippen LogP contribution in [0.15, 0.2) is 62.9 Å².